The fourth-order valence-corrected chi connectivity index (χ4v) is 1.70. The summed E-state index contributed by atoms with van der Waals surface area (Å²) >= 11 is 0. The SMILES string of the molecule is C=C(C)/C=C\C(=C)C1=CC(P)=CCC1. The van der Waals surface area contributed by atoms with E-state index in [1.165, 1.54) is 10.9 Å². The van der Waals surface area contributed by atoms with Gasteiger partial charge in [0.1, 0.15) is 0 Å². The highest BCUT2D eigenvalue weighted by molar-refractivity contribution is 7.22. The third kappa shape index (κ3) is 3.47. The van der Waals surface area contributed by atoms with Crippen molar-refractivity contribution in [3.63, 3.8) is 0 Å². The van der Waals surface area contributed by atoms with Crippen molar-refractivity contribution >= 4 is 9.24 Å². The van der Waals surface area contributed by atoms with Gasteiger partial charge in [-0.15, -0.1) is 9.24 Å². The van der Waals surface area contributed by atoms with E-state index in [1.807, 2.05) is 19.1 Å². The fraction of sp³-hybridized carbons (Fsp3) is 0.231. The molecule has 74 valence electrons. The van der Waals surface area contributed by atoms with Crippen molar-refractivity contribution in [3.05, 3.63) is 59.5 Å². The molecule has 0 saturated heterocycles. The lowest BCUT2D eigenvalue weighted by Gasteiger charge is -2.11. The van der Waals surface area contributed by atoms with Crippen LogP contribution >= 0.6 is 9.24 Å². The topological polar surface area (TPSA) is 0 Å². The summed E-state index contributed by atoms with van der Waals surface area (Å²) in [5, 5.41) is 1.26. The minimum Gasteiger partial charge on any atom is -0.106 e. The van der Waals surface area contributed by atoms with Gasteiger partial charge >= 0.3 is 0 Å². The van der Waals surface area contributed by atoms with Crippen molar-refractivity contribution in [1.29, 1.82) is 0 Å². The van der Waals surface area contributed by atoms with Crippen LogP contribution in [-0.4, -0.2) is 0 Å². The van der Waals surface area contributed by atoms with E-state index in [0.717, 1.165) is 24.0 Å². The summed E-state index contributed by atoms with van der Waals surface area (Å²) in [6.07, 6.45) is 10.7. The van der Waals surface area contributed by atoms with Gasteiger partial charge in [-0.1, -0.05) is 43.0 Å². The molecule has 14 heavy (non-hydrogen) atoms. The molecule has 0 heterocycles. The van der Waals surface area contributed by atoms with Crippen LogP contribution in [0.5, 0.6) is 0 Å². The second-order valence-electron chi connectivity index (χ2n) is 3.62. The van der Waals surface area contributed by atoms with Crippen LogP contribution in [0.2, 0.25) is 0 Å². The summed E-state index contributed by atoms with van der Waals surface area (Å²) in [7, 11) is 2.73. The summed E-state index contributed by atoms with van der Waals surface area (Å²) < 4.78 is 0. The molecule has 0 spiro atoms. The highest BCUT2D eigenvalue weighted by Gasteiger charge is 2.03. The maximum Gasteiger partial charge on any atom is -0.0238 e. The molecular weight excluding hydrogens is 187 g/mol. The van der Waals surface area contributed by atoms with Gasteiger partial charge in [0.25, 0.3) is 0 Å². The molecule has 0 fully saturated rings. The summed E-state index contributed by atoms with van der Waals surface area (Å²) in [5.74, 6) is 0. The average Bonchev–Trinajstić information content (AvgIpc) is 2.14. The molecule has 0 saturated carbocycles. The monoisotopic (exact) mass is 204 g/mol. The van der Waals surface area contributed by atoms with Gasteiger partial charge in [-0.05, 0) is 36.2 Å². The first-order valence-electron chi connectivity index (χ1n) is 4.78. The highest BCUT2D eigenvalue weighted by Crippen LogP contribution is 2.26. The van der Waals surface area contributed by atoms with Gasteiger partial charge in [0.2, 0.25) is 0 Å². The lowest BCUT2D eigenvalue weighted by molar-refractivity contribution is 0.976. The normalized spacial score (nSPS) is 16.4. The first-order valence-corrected chi connectivity index (χ1v) is 5.36. The van der Waals surface area contributed by atoms with Crippen LogP contribution in [0.1, 0.15) is 19.8 Å². The third-order valence-corrected chi connectivity index (χ3v) is 2.52. The molecule has 0 radical (unpaired) electrons. The summed E-state index contributed by atoms with van der Waals surface area (Å²) in [6, 6.07) is 0. The van der Waals surface area contributed by atoms with Crippen LogP contribution < -0.4 is 0 Å². The zero-order valence-corrected chi connectivity index (χ0v) is 9.87. The van der Waals surface area contributed by atoms with Crippen LogP contribution in [0, 0.1) is 0 Å². The molecule has 1 unspecified atom stereocenters. The molecule has 1 aliphatic carbocycles. The van der Waals surface area contributed by atoms with Gasteiger partial charge in [0, 0.05) is 0 Å². The van der Waals surface area contributed by atoms with Gasteiger partial charge in [-0.25, -0.2) is 0 Å². The Morgan fingerprint density at radius 2 is 2.14 bits per heavy atom. The molecular formula is C13H17P. The lowest BCUT2D eigenvalue weighted by atomic mass is 9.98. The summed E-state index contributed by atoms with van der Waals surface area (Å²) in [5.41, 5.74) is 3.49. The lowest BCUT2D eigenvalue weighted by Crippen LogP contribution is -1.90. The predicted octanol–water partition coefficient (Wildman–Crippen LogP) is 4.15. The van der Waals surface area contributed by atoms with Crippen LogP contribution in [0.4, 0.5) is 0 Å². The zero-order valence-electron chi connectivity index (χ0n) is 8.72. The van der Waals surface area contributed by atoms with Crippen LogP contribution in [-0.2, 0) is 0 Å². The molecule has 1 aliphatic rings. The largest absolute Gasteiger partial charge is 0.106 e. The second kappa shape index (κ2) is 5.12. The molecule has 1 atom stereocenters. The van der Waals surface area contributed by atoms with Crippen molar-refractivity contribution in [2.45, 2.75) is 19.8 Å². The Hall–Kier alpha value is -0.870. The van der Waals surface area contributed by atoms with Crippen LogP contribution in [0.15, 0.2) is 59.5 Å². The molecule has 0 aromatic carbocycles. The molecule has 0 amide bonds. The van der Waals surface area contributed by atoms with E-state index in [0.29, 0.717) is 0 Å². The van der Waals surface area contributed by atoms with Gasteiger partial charge < -0.3 is 0 Å². The van der Waals surface area contributed by atoms with E-state index in [-0.39, 0.29) is 0 Å². The van der Waals surface area contributed by atoms with E-state index < -0.39 is 0 Å². The molecule has 1 heteroatoms. The Labute approximate surface area is 89.0 Å². The van der Waals surface area contributed by atoms with Crippen molar-refractivity contribution in [2.75, 3.05) is 0 Å². The maximum atomic E-state index is 4.05. The van der Waals surface area contributed by atoms with Crippen LogP contribution in [0.3, 0.4) is 0 Å². The van der Waals surface area contributed by atoms with E-state index in [1.54, 1.807) is 0 Å². The second-order valence-corrected chi connectivity index (χ2v) is 4.28. The maximum absolute atomic E-state index is 4.05. The minimum absolute atomic E-state index is 1.06. The molecule has 0 aromatic heterocycles. The quantitative estimate of drug-likeness (QED) is 0.478. The summed E-state index contributed by atoms with van der Waals surface area (Å²) in [4.78, 5) is 0. The van der Waals surface area contributed by atoms with E-state index in [9.17, 15) is 0 Å². The van der Waals surface area contributed by atoms with Gasteiger partial charge in [0.05, 0.1) is 0 Å². The fourth-order valence-electron chi connectivity index (χ4n) is 1.33. The van der Waals surface area contributed by atoms with E-state index >= 15 is 0 Å². The molecule has 0 N–H and O–H groups in total. The Morgan fingerprint density at radius 3 is 2.71 bits per heavy atom. The highest BCUT2D eigenvalue weighted by atomic mass is 31.0. The first kappa shape index (κ1) is 11.2. The van der Waals surface area contributed by atoms with Gasteiger partial charge in [-0.3, -0.25) is 0 Å². The predicted molar refractivity (Wildman–Crippen MR) is 68.2 cm³/mol. The van der Waals surface area contributed by atoms with E-state index in [2.05, 4.69) is 34.5 Å². The van der Waals surface area contributed by atoms with Gasteiger partial charge in [-0.2, -0.15) is 0 Å². The molecule has 1 rings (SSSR count). The number of hydrogen-bond acceptors (Lipinski definition) is 0. The Morgan fingerprint density at radius 1 is 1.43 bits per heavy atom. The Kier molecular flexibility index (Phi) is 4.10. The van der Waals surface area contributed by atoms with Crippen molar-refractivity contribution in [3.8, 4) is 0 Å². The van der Waals surface area contributed by atoms with Crippen molar-refractivity contribution in [1.82, 2.24) is 0 Å². The van der Waals surface area contributed by atoms with Crippen molar-refractivity contribution < 1.29 is 0 Å². The smallest absolute Gasteiger partial charge is 0.0238 e. The Balaban J connectivity index is 2.71. The third-order valence-electron chi connectivity index (χ3n) is 2.12. The molecule has 0 aromatic rings. The number of allylic oxidation sites excluding steroid dienone is 8. The van der Waals surface area contributed by atoms with E-state index in [4.69, 9.17) is 0 Å². The summed E-state index contributed by atoms with van der Waals surface area (Å²) in [6.45, 7) is 9.86. The van der Waals surface area contributed by atoms with Crippen LogP contribution in [0.25, 0.3) is 0 Å². The first-order chi connectivity index (χ1) is 6.59. The number of hydrogen-bond donors (Lipinski definition) is 0. The number of rotatable bonds is 3. The molecule has 0 nitrogen and oxygen atoms in total. The van der Waals surface area contributed by atoms with Crippen molar-refractivity contribution in [2.24, 2.45) is 0 Å². The molecule has 0 bridgehead atoms. The Bertz CT molecular complexity index is 340. The zero-order chi connectivity index (χ0) is 10.6. The standard InChI is InChI=1S/C13H17P/c1-10(2)7-8-11(3)12-5-4-6-13(14)9-12/h6-9H,1,3-5,14H2,2H3/b8-7-. The average molecular weight is 204 g/mol. The van der Waals surface area contributed by atoms with Gasteiger partial charge in [0.15, 0.2) is 0 Å². The minimum atomic E-state index is 1.06. The molecule has 0 aliphatic heterocycles.